The first kappa shape index (κ1) is 17.4. The van der Waals surface area contributed by atoms with Crippen molar-refractivity contribution in [2.24, 2.45) is 0 Å². The fourth-order valence-corrected chi connectivity index (χ4v) is 2.93. The molecule has 0 aliphatic heterocycles. The number of carbonyl (C=O) groups is 1. The van der Waals surface area contributed by atoms with Gasteiger partial charge in [0, 0.05) is 22.7 Å². The minimum absolute atomic E-state index is 0.140. The van der Waals surface area contributed by atoms with Crippen molar-refractivity contribution in [1.82, 2.24) is 15.3 Å². The van der Waals surface area contributed by atoms with Gasteiger partial charge in [-0.3, -0.25) is 14.6 Å². The largest absolute Gasteiger partial charge is 0.350 e. The summed E-state index contributed by atoms with van der Waals surface area (Å²) in [5.41, 5.74) is 1.84. The number of carbonyl (C=O) groups excluding carboxylic acids is 1. The molecule has 0 aliphatic carbocycles. The number of amides is 1. The molecule has 122 valence electrons. The minimum Gasteiger partial charge on any atom is -0.350 e. The number of aromatic amines is 2. The lowest BCUT2D eigenvalue weighted by molar-refractivity contribution is -0.121. The van der Waals surface area contributed by atoms with Crippen LogP contribution in [-0.2, 0) is 11.2 Å². The molecule has 7 heteroatoms. The molecule has 3 N–H and O–H groups in total. The van der Waals surface area contributed by atoms with E-state index in [-0.39, 0.29) is 28.7 Å². The Morgan fingerprint density at radius 2 is 2.04 bits per heavy atom. The molecular weight excluding hydrogens is 334 g/mol. The number of H-pyrrole nitrogens is 2. The molecule has 0 bridgehead atoms. The number of hydrogen-bond acceptors (Lipinski definition) is 3. The lowest BCUT2D eigenvalue weighted by Crippen LogP contribution is -2.28. The van der Waals surface area contributed by atoms with E-state index < -0.39 is 0 Å². The molecule has 1 heterocycles. The molecule has 1 aromatic carbocycles. The maximum atomic E-state index is 12.1. The van der Waals surface area contributed by atoms with E-state index in [0.717, 1.165) is 5.56 Å². The molecule has 0 fully saturated rings. The highest BCUT2D eigenvalue weighted by molar-refractivity contribution is 7.71. The molecule has 1 atom stereocenters. The van der Waals surface area contributed by atoms with E-state index in [0.29, 0.717) is 22.7 Å². The highest BCUT2D eigenvalue weighted by Crippen LogP contribution is 2.22. The van der Waals surface area contributed by atoms with Crippen molar-refractivity contribution < 1.29 is 4.79 Å². The first-order valence-corrected chi connectivity index (χ1v) is 8.03. The van der Waals surface area contributed by atoms with Gasteiger partial charge in [0.25, 0.3) is 5.56 Å². The molecule has 0 saturated carbocycles. The number of nitrogens with one attached hydrogen (secondary N) is 3. The van der Waals surface area contributed by atoms with Crippen molar-refractivity contribution in [2.75, 3.05) is 0 Å². The summed E-state index contributed by atoms with van der Waals surface area (Å²) in [6, 6.07) is 7.18. The van der Waals surface area contributed by atoms with E-state index in [1.807, 2.05) is 25.1 Å². The average molecular weight is 352 g/mol. The summed E-state index contributed by atoms with van der Waals surface area (Å²) in [5, 5.41) is 3.51. The lowest BCUT2D eigenvalue weighted by atomic mass is 10.1. The van der Waals surface area contributed by atoms with Gasteiger partial charge in [0.1, 0.15) is 0 Å². The number of aryl methyl sites for hydroxylation is 1. The topological polar surface area (TPSA) is 77.8 Å². The quantitative estimate of drug-likeness (QED) is 0.724. The Kier molecular flexibility index (Phi) is 5.74. The Morgan fingerprint density at radius 1 is 1.35 bits per heavy atom. The summed E-state index contributed by atoms with van der Waals surface area (Å²) in [4.78, 5) is 29.4. The third-order valence-electron chi connectivity index (χ3n) is 3.61. The van der Waals surface area contributed by atoms with Gasteiger partial charge in [0.2, 0.25) is 5.91 Å². The van der Waals surface area contributed by atoms with Crippen molar-refractivity contribution in [2.45, 2.75) is 32.7 Å². The fraction of sp³-hybridized carbons (Fsp3) is 0.312. The van der Waals surface area contributed by atoms with Crippen LogP contribution in [0, 0.1) is 11.7 Å². The van der Waals surface area contributed by atoms with Gasteiger partial charge in [0.15, 0.2) is 4.77 Å². The van der Waals surface area contributed by atoms with Gasteiger partial charge in [-0.2, -0.15) is 0 Å². The van der Waals surface area contributed by atoms with E-state index in [9.17, 15) is 9.59 Å². The highest BCUT2D eigenvalue weighted by atomic mass is 35.5. The Balaban J connectivity index is 2.00. The van der Waals surface area contributed by atoms with Gasteiger partial charge in [-0.05, 0) is 44.1 Å². The van der Waals surface area contributed by atoms with Crippen LogP contribution in [0.1, 0.15) is 36.2 Å². The molecular formula is C16H18ClN3O2S. The molecule has 0 radical (unpaired) electrons. The second kappa shape index (κ2) is 7.57. The molecule has 5 nitrogen and oxygen atoms in total. The van der Waals surface area contributed by atoms with E-state index in [1.165, 1.54) is 0 Å². The Hall–Kier alpha value is -1.92. The normalized spacial score (nSPS) is 12.0. The van der Waals surface area contributed by atoms with Crippen molar-refractivity contribution in [1.29, 1.82) is 0 Å². The summed E-state index contributed by atoms with van der Waals surface area (Å²) in [7, 11) is 0. The number of halogens is 1. The van der Waals surface area contributed by atoms with Gasteiger partial charge in [-0.15, -0.1) is 0 Å². The van der Waals surface area contributed by atoms with Crippen LogP contribution in [0.2, 0.25) is 5.02 Å². The van der Waals surface area contributed by atoms with Crippen LogP contribution in [0.4, 0.5) is 0 Å². The molecule has 0 aliphatic rings. The number of benzene rings is 1. The van der Waals surface area contributed by atoms with Crippen LogP contribution in [-0.4, -0.2) is 15.9 Å². The van der Waals surface area contributed by atoms with Crippen molar-refractivity contribution >= 4 is 29.7 Å². The average Bonchev–Trinajstić information content (AvgIpc) is 2.46. The standard InChI is InChI=1S/C16H18ClN3O2S/c1-9(11-5-3-4-6-13(11)17)18-14(21)8-7-12-10(2)19-16(23)20-15(12)22/h3-6,9H,7-8H2,1-2H3,(H,18,21)(H2,19,20,22,23)/t9-/m1/s1. The predicted molar refractivity (Wildman–Crippen MR) is 93.3 cm³/mol. The van der Waals surface area contributed by atoms with Crippen molar-refractivity contribution in [3.05, 3.63) is 61.2 Å². The van der Waals surface area contributed by atoms with Gasteiger partial charge in [-0.25, -0.2) is 0 Å². The Bertz CT molecular complexity index is 829. The van der Waals surface area contributed by atoms with E-state index >= 15 is 0 Å². The molecule has 2 rings (SSSR count). The van der Waals surface area contributed by atoms with Crippen LogP contribution in [0.3, 0.4) is 0 Å². The van der Waals surface area contributed by atoms with Gasteiger partial charge >= 0.3 is 0 Å². The minimum atomic E-state index is -0.252. The molecule has 1 amide bonds. The van der Waals surface area contributed by atoms with Crippen molar-refractivity contribution in [3.63, 3.8) is 0 Å². The Morgan fingerprint density at radius 3 is 2.70 bits per heavy atom. The lowest BCUT2D eigenvalue weighted by Gasteiger charge is -2.15. The molecule has 0 spiro atoms. The van der Waals surface area contributed by atoms with E-state index in [4.69, 9.17) is 23.8 Å². The highest BCUT2D eigenvalue weighted by Gasteiger charge is 2.13. The van der Waals surface area contributed by atoms with Gasteiger partial charge < -0.3 is 10.3 Å². The first-order valence-electron chi connectivity index (χ1n) is 7.24. The predicted octanol–water partition coefficient (Wildman–Crippen LogP) is 3.20. The SMILES string of the molecule is Cc1[nH]c(=S)[nH]c(=O)c1CCC(=O)N[C@H](C)c1ccccc1Cl. The number of rotatable bonds is 5. The third-order valence-corrected chi connectivity index (χ3v) is 4.15. The summed E-state index contributed by atoms with van der Waals surface area (Å²) in [6.45, 7) is 3.64. The summed E-state index contributed by atoms with van der Waals surface area (Å²) in [6.07, 6.45) is 0.553. The second-order valence-corrected chi connectivity index (χ2v) is 6.14. The molecule has 0 saturated heterocycles. The van der Waals surface area contributed by atoms with Gasteiger partial charge in [-0.1, -0.05) is 29.8 Å². The zero-order valence-corrected chi connectivity index (χ0v) is 14.5. The molecule has 2 aromatic rings. The van der Waals surface area contributed by atoms with Gasteiger partial charge in [0.05, 0.1) is 6.04 Å². The van der Waals surface area contributed by atoms with E-state index in [2.05, 4.69) is 15.3 Å². The smallest absolute Gasteiger partial charge is 0.255 e. The number of aromatic nitrogens is 2. The molecule has 0 unspecified atom stereocenters. The first-order chi connectivity index (χ1) is 10.9. The Labute approximate surface area is 144 Å². The van der Waals surface area contributed by atoms with Crippen LogP contribution in [0.15, 0.2) is 29.1 Å². The summed E-state index contributed by atoms with van der Waals surface area (Å²) >= 11 is 11.0. The van der Waals surface area contributed by atoms with Crippen LogP contribution >= 0.6 is 23.8 Å². The zero-order valence-electron chi connectivity index (χ0n) is 12.9. The molecule has 1 aromatic heterocycles. The third kappa shape index (κ3) is 4.53. The summed E-state index contributed by atoms with van der Waals surface area (Å²) < 4.78 is 0.285. The van der Waals surface area contributed by atoms with Crippen molar-refractivity contribution in [3.8, 4) is 0 Å². The van der Waals surface area contributed by atoms with E-state index in [1.54, 1.807) is 13.0 Å². The maximum Gasteiger partial charge on any atom is 0.255 e. The molecule has 23 heavy (non-hydrogen) atoms. The zero-order chi connectivity index (χ0) is 17.0. The van der Waals surface area contributed by atoms with Crippen LogP contribution in [0.5, 0.6) is 0 Å². The number of hydrogen-bond donors (Lipinski definition) is 3. The van der Waals surface area contributed by atoms with Crippen LogP contribution < -0.4 is 10.9 Å². The summed E-state index contributed by atoms with van der Waals surface area (Å²) in [5.74, 6) is -0.140. The second-order valence-electron chi connectivity index (χ2n) is 5.32. The van der Waals surface area contributed by atoms with Crippen LogP contribution in [0.25, 0.3) is 0 Å². The maximum absolute atomic E-state index is 12.1. The monoisotopic (exact) mass is 351 g/mol. The fourth-order valence-electron chi connectivity index (χ4n) is 2.38.